The Kier molecular flexibility index (Phi) is 3.16. The zero-order valence-electron chi connectivity index (χ0n) is 9.31. The number of hydrogen-bond donors (Lipinski definition) is 0. The van der Waals surface area contributed by atoms with Gasteiger partial charge in [0.1, 0.15) is 0 Å². The average Bonchev–Trinajstić information content (AvgIpc) is 2.77. The molecule has 0 N–H and O–H groups in total. The van der Waals surface area contributed by atoms with E-state index in [0.717, 1.165) is 12.2 Å². The normalized spacial score (nSPS) is 21.9. The van der Waals surface area contributed by atoms with E-state index in [1.54, 1.807) is 7.11 Å². The van der Waals surface area contributed by atoms with Gasteiger partial charge in [0.25, 0.3) is 0 Å². The number of ether oxygens (including phenoxy) is 1. The van der Waals surface area contributed by atoms with Crippen LogP contribution < -0.4 is 4.74 Å². The summed E-state index contributed by atoms with van der Waals surface area (Å²) in [6.45, 7) is 4.45. The molecule has 15 heavy (non-hydrogen) atoms. The van der Waals surface area contributed by atoms with Crippen LogP contribution in [0, 0.1) is 0 Å². The molecule has 1 unspecified atom stereocenters. The highest BCUT2D eigenvalue weighted by molar-refractivity contribution is 5.15. The van der Waals surface area contributed by atoms with Crippen molar-refractivity contribution in [1.82, 2.24) is 15.1 Å². The van der Waals surface area contributed by atoms with Crippen molar-refractivity contribution in [2.75, 3.05) is 20.2 Å². The first-order chi connectivity index (χ1) is 7.35. The maximum Gasteiger partial charge on any atom is 0.233 e. The summed E-state index contributed by atoms with van der Waals surface area (Å²) in [5.41, 5.74) is 1.06. The van der Waals surface area contributed by atoms with Crippen LogP contribution in [0.25, 0.3) is 0 Å². The molecule has 1 fully saturated rings. The van der Waals surface area contributed by atoms with Gasteiger partial charge in [0.15, 0.2) is 0 Å². The van der Waals surface area contributed by atoms with E-state index in [1.165, 1.54) is 19.4 Å². The van der Waals surface area contributed by atoms with Crippen LogP contribution >= 0.6 is 0 Å². The third-order valence-electron chi connectivity index (χ3n) is 2.98. The fourth-order valence-corrected chi connectivity index (χ4v) is 2.16. The number of likely N-dealkylation sites (tertiary alicyclic amines) is 1. The fourth-order valence-electron chi connectivity index (χ4n) is 2.16. The minimum atomic E-state index is 0.452. The topological polar surface area (TPSA) is 38.2 Å². The molecule has 0 aliphatic carbocycles. The predicted octanol–water partition coefficient (Wildman–Crippen LogP) is 1.64. The summed E-state index contributed by atoms with van der Waals surface area (Å²) < 4.78 is 5.00. The van der Waals surface area contributed by atoms with Gasteiger partial charge in [-0.2, -0.15) is 5.10 Å². The Bertz CT molecular complexity index is 312. The maximum atomic E-state index is 5.00. The lowest BCUT2D eigenvalue weighted by Crippen LogP contribution is -2.23. The quantitative estimate of drug-likeness (QED) is 0.755. The first kappa shape index (κ1) is 10.4. The molecule has 0 saturated carbocycles. The molecular weight excluding hydrogens is 190 g/mol. The molecule has 0 spiro atoms. The van der Waals surface area contributed by atoms with Gasteiger partial charge in [0.05, 0.1) is 18.8 Å². The SMILES string of the molecule is CCN1CCCC1c1ccc(OC)nn1. The minimum absolute atomic E-state index is 0.452. The number of rotatable bonds is 3. The highest BCUT2D eigenvalue weighted by atomic mass is 16.5. The predicted molar refractivity (Wildman–Crippen MR) is 57.8 cm³/mol. The molecule has 4 nitrogen and oxygen atoms in total. The molecule has 2 heterocycles. The van der Waals surface area contributed by atoms with Crippen LogP contribution in [-0.2, 0) is 0 Å². The summed E-state index contributed by atoms with van der Waals surface area (Å²) in [4.78, 5) is 2.44. The third kappa shape index (κ3) is 2.09. The van der Waals surface area contributed by atoms with E-state index < -0.39 is 0 Å². The van der Waals surface area contributed by atoms with Crippen molar-refractivity contribution < 1.29 is 4.74 Å². The molecule has 1 aromatic heterocycles. The van der Waals surface area contributed by atoms with Crippen molar-refractivity contribution in [3.63, 3.8) is 0 Å². The highest BCUT2D eigenvalue weighted by Gasteiger charge is 2.25. The molecule has 0 amide bonds. The summed E-state index contributed by atoms with van der Waals surface area (Å²) in [6, 6.07) is 4.35. The monoisotopic (exact) mass is 207 g/mol. The molecule has 1 aromatic rings. The number of methoxy groups -OCH3 is 1. The Hall–Kier alpha value is -1.16. The van der Waals surface area contributed by atoms with E-state index in [9.17, 15) is 0 Å². The van der Waals surface area contributed by atoms with Gasteiger partial charge in [-0.1, -0.05) is 6.92 Å². The Morgan fingerprint density at radius 2 is 2.33 bits per heavy atom. The summed E-state index contributed by atoms with van der Waals surface area (Å²) in [6.07, 6.45) is 2.45. The molecule has 0 bridgehead atoms. The zero-order chi connectivity index (χ0) is 10.7. The second kappa shape index (κ2) is 4.57. The lowest BCUT2D eigenvalue weighted by Gasteiger charge is -2.21. The number of aromatic nitrogens is 2. The Morgan fingerprint density at radius 1 is 1.47 bits per heavy atom. The van der Waals surface area contributed by atoms with Crippen molar-refractivity contribution in [3.8, 4) is 5.88 Å². The largest absolute Gasteiger partial charge is 0.480 e. The van der Waals surface area contributed by atoms with Crippen molar-refractivity contribution in [1.29, 1.82) is 0 Å². The summed E-state index contributed by atoms with van der Waals surface area (Å²) >= 11 is 0. The number of hydrogen-bond acceptors (Lipinski definition) is 4. The van der Waals surface area contributed by atoms with E-state index in [-0.39, 0.29) is 0 Å². The molecule has 1 aliphatic rings. The zero-order valence-corrected chi connectivity index (χ0v) is 9.31. The third-order valence-corrected chi connectivity index (χ3v) is 2.98. The highest BCUT2D eigenvalue weighted by Crippen LogP contribution is 2.30. The van der Waals surface area contributed by atoms with Crippen LogP contribution in [0.4, 0.5) is 0 Å². The van der Waals surface area contributed by atoms with Crippen molar-refractivity contribution in [3.05, 3.63) is 17.8 Å². The minimum Gasteiger partial charge on any atom is -0.480 e. The van der Waals surface area contributed by atoms with Crippen molar-refractivity contribution in [2.45, 2.75) is 25.8 Å². The average molecular weight is 207 g/mol. The lowest BCUT2D eigenvalue weighted by molar-refractivity contribution is 0.264. The Morgan fingerprint density at radius 3 is 2.93 bits per heavy atom. The Balaban J connectivity index is 2.14. The van der Waals surface area contributed by atoms with E-state index in [4.69, 9.17) is 4.74 Å². The molecule has 0 aromatic carbocycles. The fraction of sp³-hybridized carbons (Fsp3) is 0.636. The van der Waals surface area contributed by atoms with Gasteiger partial charge in [-0.3, -0.25) is 4.90 Å². The van der Waals surface area contributed by atoms with Gasteiger partial charge < -0.3 is 4.74 Å². The van der Waals surface area contributed by atoms with E-state index >= 15 is 0 Å². The smallest absolute Gasteiger partial charge is 0.233 e. The summed E-state index contributed by atoms with van der Waals surface area (Å²) in [5.74, 6) is 0.583. The molecule has 1 aliphatic heterocycles. The standard InChI is InChI=1S/C11H17N3O/c1-3-14-8-4-5-10(14)9-6-7-11(15-2)13-12-9/h6-7,10H,3-5,8H2,1-2H3. The van der Waals surface area contributed by atoms with Crippen molar-refractivity contribution in [2.24, 2.45) is 0 Å². The molecule has 1 atom stereocenters. The molecule has 2 rings (SSSR count). The van der Waals surface area contributed by atoms with E-state index in [0.29, 0.717) is 11.9 Å². The van der Waals surface area contributed by atoms with Gasteiger partial charge in [0.2, 0.25) is 5.88 Å². The molecule has 82 valence electrons. The summed E-state index contributed by atoms with van der Waals surface area (Å²) in [5, 5.41) is 8.22. The molecular formula is C11H17N3O. The lowest BCUT2D eigenvalue weighted by atomic mass is 10.1. The first-order valence-electron chi connectivity index (χ1n) is 5.46. The van der Waals surface area contributed by atoms with Gasteiger partial charge in [-0.15, -0.1) is 5.10 Å². The van der Waals surface area contributed by atoms with Gasteiger partial charge in [-0.25, -0.2) is 0 Å². The number of nitrogens with zero attached hydrogens (tertiary/aromatic N) is 3. The summed E-state index contributed by atoms with van der Waals surface area (Å²) in [7, 11) is 1.61. The van der Waals surface area contributed by atoms with Gasteiger partial charge >= 0.3 is 0 Å². The second-order valence-corrected chi connectivity index (χ2v) is 3.79. The molecule has 1 saturated heterocycles. The van der Waals surface area contributed by atoms with Crippen LogP contribution in [0.5, 0.6) is 5.88 Å². The second-order valence-electron chi connectivity index (χ2n) is 3.79. The van der Waals surface area contributed by atoms with Crippen LogP contribution in [0.2, 0.25) is 0 Å². The van der Waals surface area contributed by atoms with E-state index in [2.05, 4.69) is 22.0 Å². The van der Waals surface area contributed by atoms with Crippen LogP contribution in [0.15, 0.2) is 12.1 Å². The van der Waals surface area contributed by atoms with Crippen molar-refractivity contribution >= 4 is 0 Å². The first-order valence-corrected chi connectivity index (χ1v) is 5.46. The van der Waals surface area contributed by atoms with Crippen LogP contribution in [-0.4, -0.2) is 35.3 Å². The van der Waals surface area contributed by atoms with Crippen LogP contribution in [0.3, 0.4) is 0 Å². The Labute approximate surface area is 90.3 Å². The maximum absolute atomic E-state index is 5.00. The molecule has 4 heteroatoms. The van der Waals surface area contributed by atoms with Gasteiger partial charge in [0, 0.05) is 6.07 Å². The van der Waals surface area contributed by atoms with Gasteiger partial charge in [-0.05, 0) is 32.0 Å². The molecule has 0 radical (unpaired) electrons. The van der Waals surface area contributed by atoms with Crippen LogP contribution in [0.1, 0.15) is 31.5 Å². The van der Waals surface area contributed by atoms with E-state index in [1.807, 2.05) is 12.1 Å².